The van der Waals surface area contributed by atoms with Crippen LogP contribution in [0.1, 0.15) is 44.5 Å². The van der Waals surface area contributed by atoms with Crippen molar-refractivity contribution in [2.45, 2.75) is 33.1 Å². The molecule has 0 aliphatic carbocycles. The molecule has 0 amide bonds. The molecule has 1 aliphatic rings. The molecule has 0 unspecified atom stereocenters. The molecule has 292 valence electrons. The van der Waals surface area contributed by atoms with E-state index in [1.165, 1.54) is 70.6 Å². The van der Waals surface area contributed by atoms with Crippen LogP contribution in [0.4, 0.5) is 17.1 Å². The van der Waals surface area contributed by atoms with Crippen molar-refractivity contribution in [3.8, 4) is 34.2 Å². The number of anilines is 3. The summed E-state index contributed by atoms with van der Waals surface area (Å²) in [6.45, 7) is 8.99. The van der Waals surface area contributed by atoms with Crippen LogP contribution >= 0.6 is 11.3 Å². The van der Waals surface area contributed by atoms with E-state index in [9.17, 15) is 0 Å². The maximum absolute atomic E-state index is 5.21. The summed E-state index contributed by atoms with van der Waals surface area (Å²) in [5.41, 5.74) is 15.6. The second-order valence-corrected chi connectivity index (χ2v) is 17.1. The zero-order valence-corrected chi connectivity index (χ0v) is 35.3. The summed E-state index contributed by atoms with van der Waals surface area (Å²) in [6.07, 6.45) is 0. The standard InChI is InChI=1S/C56H42N4S/c1-35-37(3)51(38(4)36(2)50(35)55-58-53(39-21-8-5-9-22-39)57-54(59-55)40-23-10-6-11-24-40)60-47-32-17-15-29-44(47)56(41-25-12-7-13-26-41,45-30-16-18-33-48(45)60)46-31-20-28-43-42-27-14-19-34-49(42)61-52(43)46/h5-34H,1-4H3. The first-order valence-corrected chi connectivity index (χ1v) is 21.7. The van der Waals surface area contributed by atoms with Gasteiger partial charge in [-0.3, -0.25) is 0 Å². The van der Waals surface area contributed by atoms with Gasteiger partial charge in [-0.05, 0) is 90.4 Å². The number of nitrogens with zero attached hydrogens (tertiary/aromatic N) is 4. The molecular weight excluding hydrogens is 761 g/mol. The lowest BCUT2D eigenvalue weighted by molar-refractivity contribution is 0.738. The van der Waals surface area contributed by atoms with E-state index in [2.05, 4.69) is 178 Å². The summed E-state index contributed by atoms with van der Waals surface area (Å²) >= 11 is 1.90. The molecule has 0 radical (unpaired) electrons. The fourth-order valence-electron chi connectivity index (χ4n) is 9.86. The lowest BCUT2D eigenvalue weighted by Gasteiger charge is -2.47. The minimum atomic E-state index is -0.607. The van der Waals surface area contributed by atoms with Crippen molar-refractivity contribution in [2.24, 2.45) is 0 Å². The molecule has 10 aromatic rings. The van der Waals surface area contributed by atoms with Crippen molar-refractivity contribution in [1.82, 2.24) is 15.0 Å². The summed E-state index contributed by atoms with van der Waals surface area (Å²) in [7, 11) is 0. The second kappa shape index (κ2) is 14.5. The molecule has 4 nitrogen and oxygen atoms in total. The Morgan fingerprint density at radius 2 is 0.869 bits per heavy atom. The maximum Gasteiger partial charge on any atom is 0.164 e. The van der Waals surface area contributed by atoms with Gasteiger partial charge in [0, 0.05) is 36.9 Å². The molecule has 0 fully saturated rings. The smallest absolute Gasteiger partial charge is 0.164 e. The van der Waals surface area contributed by atoms with Crippen LogP contribution in [0.5, 0.6) is 0 Å². The lowest BCUT2D eigenvalue weighted by atomic mass is 9.62. The number of para-hydroxylation sites is 2. The fraction of sp³-hybridized carbons (Fsp3) is 0.0893. The van der Waals surface area contributed by atoms with E-state index < -0.39 is 5.41 Å². The van der Waals surface area contributed by atoms with Crippen LogP contribution in [-0.2, 0) is 5.41 Å². The van der Waals surface area contributed by atoms with Gasteiger partial charge >= 0.3 is 0 Å². The molecule has 2 aromatic heterocycles. The third-order valence-electron chi connectivity index (χ3n) is 12.8. The quantitative estimate of drug-likeness (QED) is 0.168. The minimum Gasteiger partial charge on any atom is -0.309 e. The summed E-state index contributed by atoms with van der Waals surface area (Å²) in [4.78, 5) is 18.0. The van der Waals surface area contributed by atoms with Gasteiger partial charge in [0.1, 0.15) is 0 Å². The molecule has 1 aliphatic heterocycles. The van der Waals surface area contributed by atoms with Crippen molar-refractivity contribution in [3.63, 3.8) is 0 Å². The Balaban J connectivity index is 1.17. The van der Waals surface area contributed by atoms with Crippen molar-refractivity contribution in [1.29, 1.82) is 0 Å². The average molecular weight is 803 g/mol. The van der Waals surface area contributed by atoms with Gasteiger partial charge in [-0.15, -0.1) is 11.3 Å². The Morgan fingerprint density at radius 3 is 1.46 bits per heavy atom. The molecule has 0 bridgehead atoms. The van der Waals surface area contributed by atoms with Gasteiger partial charge in [-0.1, -0.05) is 164 Å². The van der Waals surface area contributed by atoms with E-state index in [1.807, 2.05) is 47.7 Å². The first-order chi connectivity index (χ1) is 29.9. The Bertz CT molecular complexity index is 3170. The van der Waals surface area contributed by atoms with Crippen LogP contribution in [-0.4, -0.2) is 15.0 Å². The van der Waals surface area contributed by atoms with Gasteiger partial charge in [0.15, 0.2) is 17.5 Å². The van der Waals surface area contributed by atoms with E-state index >= 15 is 0 Å². The summed E-state index contributed by atoms with van der Waals surface area (Å²) in [5.74, 6) is 2.00. The van der Waals surface area contributed by atoms with Gasteiger partial charge in [0.2, 0.25) is 0 Å². The molecule has 5 heteroatoms. The molecular formula is C56H42N4S. The van der Waals surface area contributed by atoms with Gasteiger partial charge in [0.25, 0.3) is 0 Å². The zero-order chi connectivity index (χ0) is 41.2. The highest BCUT2D eigenvalue weighted by Gasteiger charge is 2.48. The average Bonchev–Trinajstić information content (AvgIpc) is 3.71. The maximum atomic E-state index is 5.21. The first kappa shape index (κ1) is 36.8. The van der Waals surface area contributed by atoms with Crippen molar-refractivity contribution in [2.75, 3.05) is 4.90 Å². The van der Waals surface area contributed by atoms with Gasteiger partial charge in [-0.2, -0.15) is 0 Å². The Hall–Kier alpha value is -7.21. The lowest BCUT2D eigenvalue weighted by Crippen LogP contribution is -2.38. The summed E-state index contributed by atoms with van der Waals surface area (Å²) < 4.78 is 2.62. The Labute approximate surface area is 360 Å². The highest BCUT2D eigenvalue weighted by molar-refractivity contribution is 7.26. The molecule has 61 heavy (non-hydrogen) atoms. The number of hydrogen-bond acceptors (Lipinski definition) is 5. The number of hydrogen-bond donors (Lipinski definition) is 0. The highest BCUT2D eigenvalue weighted by Crippen LogP contribution is 2.60. The van der Waals surface area contributed by atoms with Crippen LogP contribution in [0, 0.1) is 27.7 Å². The minimum absolute atomic E-state index is 0.607. The van der Waals surface area contributed by atoms with Crippen molar-refractivity contribution < 1.29 is 0 Å². The number of fused-ring (bicyclic) bond motifs is 5. The van der Waals surface area contributed by atoms with Crippen LogP contribution in [0.25, 0.3) is 54.3 Å². The van der Waals surface area contributed by atoms with Gasteiger partial charge in [0.05, 0.1) is 22.5 Å². The molecule has 8 aromatic carbocycles. The van der Waals surface area contributed by atoms with Crippen LogP contribution < -0.4 is 4.90 Å². The van der Waals surface area contributed by atoms with Crippen molar-refractivity contribution >= 4 is 48.6 Å². The number of benzene rings is 8. The number of rotatable bonds is 6. The van der Waals surface area contributed by atoms with E-state index in [0.29, 0.717) is 17.5 Å². The van der Waals surface area contributed by atoms with E-state index in [1.54, 1.807) is 0 Å². The van der Waals surface area contributed by atoms with Crippen LogP contribution in [0.2, 0.25) is 0 Å². The third-order valence-corrected chi connectivity index (χ3v) is 14.1. The van der Waals surface area contributed by atoms with E-state index in [4.69, 9.17) is 15.0 Å². The Kier molecular flexibility index (Phi) is 8.76. The highest BCUT2D eigenvalue weighted by atomic mass is 32.1. The van der Waals surface area contributed by atoms with E-state index in [0.717, 1.165) is 27.8 Å². The normalized spacial score (nSPS) is 13.0. The van der Waals surface area contributed by atoms with E-state index in [-0.39, 0.29) is 0 Å². The predicted octanol–water partition coefficient (Wildman–Crippen LogP) is 14.6. The summed E-state index contributed by atoms with van der Waals surface area (Å²) in [5, 5.41) is 2.59. The third kappa shape index (κ3) is 5.61. The van der Waals surface area contributed by atoms with Gasteiger partial charge < -0.3 is 4.90 Å². The molecule has 0 saturated heterocycles. The van der Waals surface area contributed by atoms with Crippen LogP contribution in [0.3, 0.4) is 0 Å². The molecule has 11 rings (SSSR count). The molecule has 0 N–H and O–H groups in total. The fourth-order valence-corrected chi connectivity index (χ4v) is 11.1. The topological polar surface area (TPSA) is 41.9 Å². The van der Waals surface area contributed by atoms with Gasteiger partial charge in [-0.25, -0.2) is 15.0 Å². The molecule has 0 spiro atoms. The zero-order valence-electron chi connectivity index (χ0n) is 34.5. The molecule has 3 heterocycles. The second-order valence-electron chi connectivity index (χ2n) is 16.0. The molecule has 0 saturated carbocycles. The first-order valence-electron chi connectivity index (χ1n) is 20.9. The molecule has 0 atom stereocenters. The van der Waals surface area contributed by atoms with Crippen molar-refractivity contribution in [3.05, 3.63) is 226 Å². The SMILES string of the molecule is Cc1c(C)c(N2c3ccccc3C(c3ccccc3)(c3cccc4c3sc3ccccc34)c3ccccc32)c(C)c(C)c1-c1nc(-c2ccccc2)nc(-c2ccccc2)n1. The number of aromatic nitrogens is 3. The Morgan fingerprint density at radius 1 is 0.410 bits per heavy atom. The summed E-state index contributed by atoms with van der Waals surface area (Å²) in [6, 6.07) is 65.5. The number of thiophene rings is 1. The monoisotopic (exact) mass is 802 g/mol. The largest absolute Gasteiger partial charge is 0.309 e. The predicted molar refractivity (Wildman–Crippen MR) is 255 cm³/mol. The van der Waals surface area contributed by atoms with Crippen LogP contribution in [0.15, 0.2) is 182 Å².